The highest BCUT2D eigenvalue weighted by Crippen LogP contribution is 2.48. The number of urea groups is 1. The Kier molecular flexibility index (Phi) is 7.73. The molecule has 0 aliphatic carbocycles. The first kappa shape index (κ1) is 28.6. The van der Waals surface area contributed by atoms with Crippen LogP contribution >= 0.6 is 11.8 Å². The lowest BCUT2D eigenvalue weighted by molar-refractivity contribution is -0.118. The van der Waals surface area contributed by atoms with Gasteiger partial charge in [-0.05, 0) is 91.6 Å². The van der Waals surface area contributed by atoms with Gasteiger partial charge in [0.05, 0.1) is 16.3 Å². The number of nitrogens with zero attached hydrogens (tertiary/aromatic N) is 2. The molecule has 11 heteroatoms. The van der Waals surface area contributed by atoms with Gasteiger partial charge in [-0.15, -0.1) is 0 Å². The van der Waals surface area contributed by atoms with E-state index in [1.165, 1.54) is 11.8 Å². The maximum Gasteiger partial charge on any atom is 0.410 e. The lowest BCUT2D eigenvalue weighted by Crippen LogP contribution is -2.62. The van der Waals surface area contributed by atoms with Gasteiger partial charge in [0, 0.05) is 36.4 Å². The van der Waals surface area contributed by atoms with Crippen molar-refractivity contribution in [3.05, 3.63) is 34.9 Å². The zero-order valence-corrected chi connectivity index (χ0v) is 25.0. The molecule has 3 unspecified atom stereocenters. The number of carbonyl (C=O) groups is 3. The van der Waals surface area contributed by atoms with Gasteiger partial charge in [0.1, 0.15) is 17.0 Å². The van der Waals surface area contributed by atoms with E-state index in [0.29, 0.717) is 23.7 Å². The predicted molar refractivity (Wildman–Crippen MR) is 155 cm³/mol. The highest BCUT2D eigenvalue weighted by molar-refractivity contribution is 8.04. The van der Waals surface area contributed by atoms with Crippen molar-refractivity contribution < 1.29 is 23.9 Å². The van der Waals surface area contributed by atoms with Crippen LogP contribution in [-0.2, 0) is 9.53 Å². The molecule has 5 rings (SSSR count). The molecule has 40 heavy (non-hydrogen) atoms. The van der Waals surface area contributed by atoms with Gasteiger partial charge in [-0.1, -0.05) is 11.8 Å². The standard InChI is InChI=1S/C29H41N5O5S/c1-28(2,3)38-19-11-9-18(10-12-19)34-20-13-14-30-25-21(20)22(32-26(34)36)23(40-25)24(35)31-17-8-7-15-33(16-17)27(37)39-29(4,5)6/h9-12,17,20-21,25,30H,7-8,13-16H2,1-6H3,(H,31,35)(H,32,36)/t17-,20?,21?,25?/m1/s1. The molecular weight excluding hydrogens is 530 g/mol. The van der Waals surface area contributed by atoms with Crippen molar-refractivity contribution in [1.82, 2.24) is 20.9 Å². The average Bonchev–Trinajstić information content (AvgIpc) is 3.23. The lowest BCUT2D eigenvalue weighted by Gasteiger charge is -2.45. The Morgan fingerprint density at radius 2 is 1.77 bits per heavy atom. The first-order valence-electron chi connectivity index (χ1n) is 14.1. The fraction of sp³-hybridized carbons (Fsp3) is 0.621. The van der Waals surface area contributed by atoms with Crippen LogP contribution in [0.3, 0.4) is 0 Å². The van der Waals surface area contributed by atoms with E-state index in [1.54, 1.807) is 4.90 Å². The second-order valence-electron chi connectivity index (χ2n) is 12.9. The Bertz CT molecular complexity index is 1190. The Labute approximate surface area is 240 Å². The number of hydrogen-bond acceptors (Lipinski definition) is 7. The Morgan fingerprint density at radius 1 is 1.05 bits per heavy atom. The largest absolute Gasteiger partial charge is 0.488 e. The number of carbonyl (C=O) groups excluding carboxylic acids is 3. The van der Waals surface area contributed by atoms with E-state index < -0.39 is 5.60 Å². The molecule has 1 aromatic rings. The molecule has 0 saturated carbocycles. The molecular formula is C29H41N5O5S. The number of rotatable bonds is 4. The molecule has 3 fully saturated rings. The highest BCUT2D eigenvalue weighted by Gasteiger charge is 2.51. The van der Waals surface area contributed by atoms with E-state index >= 15 is 0 Å². The third kappa shape index (κ3) is 6.20. The second-order valence-corrected chi connectivity index (χ2v) is 14.0. The maximum atomic E-state index is 13.5. The van der Waals surface area contributed by atoms with Gasteiger partial charge < -0.3 is 30.3 Å². The van der Waals surface area contributed by atoms with E-state index in [1.807, 2.05) is 70.7 Å². The van der Waals surface area contributed by atoms with Crippen molar-refractivity contribution in [2.75, 3.05) is 24.5 Å². The number of benzene rings is 1. The number of nitrogens with one attached hydrogen (secondary N) is 3. The molecule has 4 aliphatic rings. The van der Waals surface area contributed by atoms with Gasteiger partial charge in [-0.25, -0.2) is 9.59 Å². The monoisotopic (exact) mass is 571 g/mol. The summed E-state index contributed by atoms with van der Waals surface area (Å²) in [5, 5.41) is 9.72. The predicted octanol–water partition coefficient (Wildman–Crippen LogP) is 4.17. The molecule has 218 valence electrons. The summed E-state index contributed by atoms with van der Waals surface area (Å²) in [6.45, 7) is 13.3. The van der Waals surface area contributed by atoms with Gasteiger partial charge in [0.15, 0.2) is 0 Å². The van der Waals surface area contributed by atoms with E-state index in [9.17, 15) is 14.4 Å². The molecule has 0 aromatic heterocycles. The molecule has 3 N–H and O–H groups in total. The quantitative estimate of drug-likeness (QED) is 0.497. The Balaban J connectivity index is 1.30. The third-order valence-electron chi connectivity index (χ3n) is 7.29. The van der Waals surface area contributed by atoms with E-state index in [2.05, 4.69) is 16.0 Å². The van der Waals surface area contributed by atoms with Gasteiger partial charge in [-0.2, -0.15) is 0 Å². The zero-order valence-electron chi connectivity index (χ0n) is 24.2. The van der Waals surface area contributed by atoms with E-state index in [0.717, 1.165) is 37.2 Å². The van der Waals surface area contributed by atoms with Gasteiger partial charge in [0.2, 0.25) is 0 Å². The molecule has 0 radical (unpaired) electrons. The summed E-state index contributed by atoms with van der Waals surface area (Å²) in [6.07, 6.45) is 1.98. The Morgan fingerprint density at radius 3 is 2.45 bits per heavy atom. The van der Waals surface area contributed by atoms with Crippen LogP contribution in [0.25, 0.3) is 0 Å². The maximum absolute atomic E-state index is 13.5. The number of hydrogen-bond donors (Lipinski definition) is 3. The minimum atomic E-state index is -0.574. The fourth-order valence-corrected chi connectivity index (χ4v) is 7.19. The minimum absolute atomic E-state index is 0.00860. The average molecular weight is 572 g/mol. The van der Waals surface area contributed by atoms with Gasteiger partial charge >= 0.3 is 12.1 Å². The summed E-state index contributed by atoms with van der Waals surface area (Å²) in [5.74, 6) is 0.511. The summed E-state index contributed by atoms with van der Waals surface area (Å²) >= 11 is 1.48. The van der Waals surface area contributed by atoms with Crippen molar-refractivity contribution in [2.45, 2.75) is 89.5 Å². The van der Waals surface area contributed by atoms with E-state index in [4.69, 9.17) is 9.47 Å². The molecule has 4 amide bonds. The van der Waals surface area contributed by atoms with Crippen LogP contribution < -0.4 is 25.6 Å². The number of piperidine rings is 2. The molecule has 10 nitrogen and oxygen atoms in total. The number of anilines is 1. The van der Waals surface area contributed by atoms with Crippen LogP contribution in [0.5, 0.6) is 5.75 Å². The lowest BCUT2D eigenvalue weighted by atomic mass is 9.86. The van der Waals surface area contributed by atoms with Crippen molar-refractivity contribution in [3.8, 4) is 5.75 Å². The minimum Gasteiger partial charge on any atom is -0.488 e. The third-order valence-corrected chi connectivity index (χ3v) is 8.65. The number of ether oxygens (including phenoxy) is 2. The summed E-state index contributed by atoms with van der Waals surface area (Å²) in [4.78, 5) is 43.6. The normalized spacial score (nSPS) is 26.7. The second kappa shape index (κ2) is 10.8. The molecule has 4 atom stereocenters. The molecule has 0 spiro atoms. The summed E-state index contributed by atoms with van der Waals surface area (Å²) in [6, 6.07) is 7.14. The highest BCUT2D eigenvalue weighted by atomic mass is 32.2. The zero-order chi connectivity index (χ0) is 28.8. The topological polar surface area (TPSA) is 112 Å². The van der Waals surface area contributed by atoms with Crippen LogP contribution in [-0.4, -0.2) is 71.2 Å². The van der Waals surface area contributed by atoms with Crippen LogP contribution in [0.15, 0.2) is 34.9 Å². The molecule has 3 saturated heterocycles. The van der Waals surface area contributed by atoms with Crippen molar-refractivity contribution in [3.63, 3.8) is 0 Å². The van der Waals surface area contributed by atoms with E-state index in [-0.39, 0.29) is 47.0 Å². The number of amides is 4. The first-order valence-corrected chi connectivity index (χ1v) is 15.0. The Hall–Kier alpha value is -2.92. The van der Waals surface area contributed by atoms with Crippen LogP contribution in [0, 0.1) is 5.92 Å². The van der Waals surface area contributed by atoms with Crippen molar-refractivity contribution in [1.29, 1.82) is 0 Å². The summed E-state index contributed by atoms with van der Waals surface area (Å²) in [7, 11) is 0. The fourth-order valence-electron chi connectivity index (χ4n) is 5.79. The van der Waals surface area contributed by atoms with Crippen LogP contribution in [0.4, 0.5) is 15.3 Å². The van der Waals surface area contributed by atoms with Gasteiger partial charge in [0.25, 0.3) is 5.91 Å². The van der Waals surface area contributed by atoms with Crippen molar-refractivity contribution >= 4 is 35.5 Å². The molecule has 4 heterocycles. The smallest absolute Gasteiger partial charge is 0.410 e. The van der Waals surface area contributed by atoms with Gasteiger partial charge in [-0.3, -0.25) is 9.69 Å². The summed E-state index contributed by atoms with van der Waals surface area (Å²) in [5.41, 5.74) is 0.611. The van der Waals surface area contributed by atoms with Crippen LogP contribution in [0.2, 0.25) is 0 Å². The van der Waals surface area contributed by atoms with Crippen molar-refractivity contribution in [2.24, 2.45) is 5.92 Å². The molecule has 4 aliphatic heterocycles. The first-order chi connectivity index (χ1) is 18.8. The number of thioether (sulfide) groups is 1. The molecule has 0 bridgehead atoms. The number of likely N-dealkylation sites (tertiary alicyclic amines) is 1. The summed E-state index contributed by atoms with van der Waals surface area (Å²) < 4.78 is 11.5. The SMILES string of the molecule is CC(C)(C)OC(=O)N1CCC[C@@H](NC(=O)C2=C3NC(=O)N(c4ccc(OC(C)(C)C)cc4)C4CCNC(S2)C34)C1. The molecule has 1 aromatic carbocycles. The van der Waals surface area contributed by atoms with Crippen LogP contribution in [0.1, 0.15) is 60.8 Å².